The summed E-state index contributed by atoms with van der Waals surface area (Å²) >= 11 is 0. The molecule has 100 valence electrons. The molecule has 2 rings (SSSR count). The zero-order chi connectivity index (χ0) is 13.3. The van der Waals surface area contributed by atoms with Gasteiger partial charge in [0.25, 0.3) is 5.91 Å². The van der Waals surface area contributed by atoms with Crippen LogP contribution in [0.25, 0.3) is 0 Å². The quantitative estimate of drug-likeness (QED) is 0.760. The van der Waals surface area contributed by atoms with Crippen LogP contribution in [-0.2, 0) is 9.59 Å². The number of likely N-dealkylation sites (tertiary alicyclic amines) is 1. The fraction of sp³-hybridized carbons (Fsp3) is 0.769. The first-order valence-corrected chi connectivity index (χ1v) is 6.52. The lowest BCUT2D eigenvalue weighted by Gasteiger charge is -2.27. The second-order valence-electron chi connectivity index (χ2n) is 6.20. The fourth-order valence-electron chi connectivity index (χ4n) is 2.46. The number of hydrazone groups is 1. The van der Waals surface area contributed by atoms with Crippen molar-refractivity contribution in [3.05, 3.63) is 0 Å². The van der Waals surface area contributed by atoms with Gasteiger partial charge >= 0.3 is 0 Å². The lowest BCUT2D eigenvalue weighted by atomic mass is 9.80. The number of rotatable bonds is 1. The Hall–Kier alpha value is -1.39. The van der Waals surface area contributed by atoms with E-state index in [4.69, 9.17) is 0 Å². The molecule has 0 saturated carbocycles. The van der Waals surface area contributed by atoms with Crippen LogP contribution >= 0.6 is 0 Å². The summed E-state index contributed by atoms with van der Waals surface area (Å²) in [5.41, 5.74) is 3.10. The standard InChI is InChI=1S/C13H21N3O2/c1-13(2,3)9-6-7-16(8-9)12(18)10-4-5-11(17)15-14-10/h9H,4-8H2,1-3H3,(H,15,17). The maximum atomic E-state index is 12.2. The van der Waals surface area contributed by atoms with Crippen LogP contribution in [0.15, 0.2) is 5.10 Å². The molecule has 2 heterocycles. The maximum Gasteiger partial charge on any atom is 0.270 e. The number of carbonyl (C=O) groups is 2. The van der Waals surface area contributed by atoms with E-state index in [-0.39, 0.29) is 17.2 Å². The van der Waals surface area contributed by atoms with Crippen molar-refractivity contribution in [3.8, 4) is 0 Å². The molecule has 1 N–H and O–H groups in total. The SMILES string of the molecule is CC(C)(C)C1CCN(C(=O)C2=NNC(=O)CC2)C1. The molecule has 0 aromatic rings. The summed E-state index contributed by atoms with van der Waals surface area (Å²) in [4.78, 5) is 25.1. The predicted octanol–water partition coefficient (Wildman–Crippen LogP) is 1.15. The van der Waals surface area contributed by atoms with Gasteiger partial charge in [0, 0.05) is 25.9 Å². The van der Waals surface area contributed by atoms with E-state index in [0.29, 0.717) is 24.5 Å². The van der Waals surface area contributed by atoms with Crippen LogP contribution in [0.5, 0.6) is 0 Å². The normalized spacial score (nSPS) is 24.8. The van der Waals surface area contributed by atoms with Crippen molar-refractivity contribution in [2.45, 2.75) is 40.0 Å². The van der Waals surface area contributed by atoms with Crippen molar-refractivity contribution in [1.29, 1.82) is 0 Å². The van der Waals surface area contributed by atoms with Gasteiger partial charge in [-0.1, -0.05) is 20.8 Å². The Kier molecular flexibility index (Phi) is 3.41. The van der Waals surface area contributed by atoms with E-state index in [1.807, 2.05) is 4.90 Å². The molecule has 1 atom stereocenters. The van der Waals surface area contributed by atoms with Gasteiger partial charge in [-0.2, -0.15) is 5.10 Å². The number of carbonyl (C=O) groups excluding carboxylic acids is 2. The van der Waals surface area contributed by atoms with Gasteiger partial charge in [-0.25, -0.2) is 5.43 Å². The van der Waals surface area contributed by atoms with Gasteiger partial charge in [0.15, 0.2) is 0 Å². The van der Waals surface area contributed by atoms with Crippen molar-refractivity contribution >= 4 is 17.5 Å². The van der Waals surface area contributed by atoms with Crippen molar-refractivity contribution < 1.29 is 9.59 Å². The predicted molar refractivity (Wildman–Crippen MR) is 69.0 cm³/mol. The summed E-state index contributed by atoms with van der Waals surface area (Å²) in [6, 6.07) is 0. The van der Waals surface area contributed by atoms with Crippen LogP contribution in [0.3, 0.4) is 0 Å². The minimum atomic E-state index is -0.111. The molecule has 0 radical (unpaired) electrons. The Morgan fingerprint density at radius 3 is 2.61 bits per heavy atom. The maximum absolute atomic E-state index is 12.2. The highest BCUT2D eigenvalue weighted by atomic mass is 16.2. The average Bonchev–Trinajstić information content (AvgIpc) is 2.78. The molecular weight excluding hydrogens is 230 g/mol. The van der Waals surface area contributed by atoms with E-state index >= 15 is 0 Å². The highest BCUT2D eigenvalue weighted by Gasteiger charge is 2.35. The van der Waals surface area contributed by atoms with Crippen LogP contribution in [0, 0.1) is 11.3 Å². The van der Waals surface area contributed by atoms with Crippen LogP contribution in [0.2, 0.25) is 0 Å². The Morgan fingerprint density at radius 2 is 2.11 bits per heavy atom. The zero-order valence-electron chi connectivity index (χ0n) is 11.3. The molecule has 2 aliphatic rings. The van der Waals surface area contributed by atoms with E-state index < -0.39 is 0 Å². The van der Waals surface area contributed by atoms with Crippen LogP contribution < -0.4 is 5.43 Å². The van der Waals surface area contributed by atoms with Gasteiger partial charge in [-0.05, 0) is 17.8 Å². The average molecular weight is 251 g/mol. The van der Waals surface area contributed by atoms with Gasteiger partial charge in [0.1, 0.15) is 5.71 Å². The topological polar surface area (TPSA) is 61.8 Å². The number of nitrogens with one attached hydrogen (secondary N) is 1. The molecular formula is C13H21N3O2. The lowest BCUT2D eigenvalue weighted by molar-refractivity contribution is -0.124. The molecule has 1 unspecified atom stereocenters. The zero-order valence-corrected chi connectivity index (χ0v) is 11.3. The summed E-state index contributed by atoms with van der Waals surface area (Å²) in [5.74, 6) is 0.419. The third-order valence-electron chi connectivity index (χ3n) is 3.85. The van der Waals surface area contributed by atoms with Gasteiger partial charge in [0.05, 0.1) is 0 Å². The molecule has 0 aromatic heterocycles. The second kappa shape index (κ2) is 4.71. The van der Waals surface area contributed by atoms with E-state index in [9.17, 15) is 9.59 Å². The third-order valence-corrected chi connectivity index (χ3v) is 3.85. The number of hydrogen-bond acceptors (Lipinski definition) is 3. The Balaban J connectivity index is 1.98. The lowest BCUT2D eigenvalue weighted by Crippen LogP contribution is -2.39. The van der Waals surface area contributed by atoms with E-state index in [1.165, 1.54) is 0 Å². The number of nitrogens with zero attached hydrogens (tertiary/aromatic N) is 2. The Bertz CT molecular complexity index is 396. The molecule has 2 aliphatic heterocycles. The van der Waals surface area contributed by atoms with Crippen molar-refractivity contribution in [3.63, 3.8) is 0 Å². The highest BCUT2D eigenvalue weighted by molar-refractivity contribution is 6.39. The van der Waals surface area contributed by atoms with Crippen molar-refractivity contribution in [2.24, 2.45) is 16.4 Å². The van der Waals surface area contributed by atoms with Gasteiger partial charge in [-0.3, -0.25) is 9.59 Å². The molecule has 1 saturated heterocycles. The highest BCUT2D eigenvalue weighted by Crippen LogP contribution is 2.33. The molecule has 2 amide bonds. The first kappa shape index (κ1) is 13.1. The summed E-state index contributed by atoms with van der Waals surface area (Å²) in [6.07, 6.45) is 1.87. The van der Waals surface area contributed by atoms with Crippen LogP contribution in [0.1, 0.15) is 40.0 Å². The third kappa shape index (κ3) is 2.71. The molecule has 0 bridgehead atoms. The number of amides is 2. The summed E-state index contributed by atoms with van der Waals surface area (Å²) in [6.45, 7) is 8.24. The van der Waals surface area contributed by atoms with Gasteiger partial charge in [-0.15, -0.1) is 0 Å². The molecule has 0 aliphatic carbocycles. The first-order valence-electron chi connectivity index (χ1n) is 6.52. The molecule has 0 spiro atoms. The first-order chi connectivity index (χ1) is 8.38. The minimum absolute atomic E-state index is 0.0123. The molecule has 5 heteroatoms. The monoisotopic (exact) mass is 251 g/mol. The van der Waals surface area contributed by atoms with Gasteiger partial charge < -0.3 is 4.90 Å². The largest absolute Gasteiger partial charge is 0.337 e. The van der Waals surface area contributed by atoms with Crippen molar-refractivity contribution in [2.75, 3.05) is 13.1 Å². The summed E-state index contributed by atoms with van der Waals surface area (Å²) in [5, 5.41) is 3.87. The molecule has 1 fully saturated rings. The summed E-state index contributed by atoms with van der Waals surface area (Å²) in [7, 11) is 0. The van der Waals surface area contributed by atoms with E-state index in [1.54, 1.807) is 0 Å². The molecule has 0 aromatic carbocycles. The number of hydrogen-bond donors (Lipinski definition) is 1. The summed E-state index contributed by atoms with van der Waals surface area (Å²) < 4.78 is 0. The fourth-order valence-corrected chi connectivity index (χ4v) is 2.46. The Labute approximate surface area is 108 Å². The van der Waals surface area contributed by atoms with E-state index in [0.717, 1.165) is 19.5 Å². The van der Waals surface area contributed by atoms with Crippen LogP contribution in [-0.4, -0.2) is 35.5 Å². The Morgan fingerprint density at radius 1 is 1.39 bits per heavy atom. The minimum Gasteiger partial charge on any atom is -0.337 e. The molecule has 18 heavy (non-hydrogen) atoms. The van der Waals surface area contributed by atoms with Crippen molar-refractivity contribution in [1.82, 2.24) is 10.3 Å². The molecule has 5 nitrogen and oxygen atoms in total. The van der Waals surface area contributed by atoms with E-state index in [2.05, 4.69) is 31.3 Å². The smallest absolute Gasteiger partial charge is 0.270 e. The van der Waals surface area contributed by atoms with Gasteiger partial charge in [0.2, 0.25) is 5.91 Å². The second-order valence-corrected chi connectivity index (χ2v) is 6.20. The van der Waals surface area contributed by atoms with Crippen LogP contribution in [0.4, 0.5) is 0 Å².